The molecule has 0 bridgehead atoms. The van der Waals surface area contributed by atoms with Crippen LogP contribution in [0.25, 0.3) is 0 Å². The third kappa shape index (κ3) is 3.50. The Morgan fingerprint density at radius 3 is 2.84 bits per heavy atom. The highest BCUT2D eigenvalue weighted by molar-refractivity contribution is 6.31. The summed E-state index contributed by atoms with van der Waals surface area (Å²) in [5, 5.41) is 15.7. The minimum absolute atomic E-state index is 0.468. The molecule has 1 unspecified atom stereocenters. The van der Waals surface area contributed by atoms with Gasteiger partial charge in [0, 0.05) is 18.0 Å². The molecule has 0 aliphatic carbocycles. The first-order valence-corrected chi connectivity index (χ1v) is 7.01. The van der Waals surface area contributed by atoms with Crippen molar-refractivity contribution < 1.29 is 5.11 Å². The van der Waals surface area contributed by atoms with Crippen LogP contribution in [0.4, 0.5) is 0 Å². The minimum atomic E-state index is -0.681. The molecule has 0 radical (unpaired) electrons. The summed E-state index contributed by atoms with van der Waals surface area (Å²) in [5.74, 6) is 0. The number of aliphatic hydroxyl groups is 1. The molecule has 0 fully saturated rings. The van der Waals surface area contributed by atoms with Crippen molar-refractivity contribution in [2.75, 3.05) is 0 Å². The maximum Gasteiger partial charge on any atom is 0.101 e. The maximum absolute atomic E-state index is 10.4. The first kappa shape index (κ1) is 14.4. The van der Waals surface area contributed by atoms with E-state index in [2.05, 4.69) is 12.0 Å². The highest BCUT2D eigenvalue weighted by Gasteiger charge is 2.18. The molecule has 1 N–H and O–H groups in total. The molecule has 3 nitrogen and oxygen atoms in total. The number of nitrogens with zero attached hydrogens (tertiary/aromatic N) is 2. The lowest BCUT2D eigenvalue weighted by Gasteiger charge is -2.14. The standard InChI is InChI=1S/C14H16Cl2N2O/c1-2-6-18-14(12(16)9-17-18)13(19)8-10-4-3-5-11(15)7-10/h3-5,7,9,13,19H,2,6,8H2,1H3. The summed E-state index contributed by atoms with van der Waals surface area (Å²) in [5.41, 5.74) is 1.64. The zero-order valence-corrected chi connectivity index (χ0v) is 12.2. The number of aliphatic hydroxyl groups excluding tert-OH is 1. The van der Waals surface area contributed by atoms with Crippen molar-refractivity contribution in [2.24, 2.45) is 0 Å². The Hall–Kier alpha value is -1.03. The predicted octanol–water partition coefficient (Wildman–Crippen LogP) is 3.88. The van der Waals surface area contributed by atoms with Crippen molar-refractivity contribution >= 4 is 23.2 Å². The van der Waals surface area contributed by atoms with Crippen LogP contribution in [0, 0.1) is 0 Å². The van der Waals surface area contributed by atoms with Gasteiger partial charge in [0.25, 0.3) is 0 Å². The number of halogens is 2. The first-order valence-electron chi connectivity index (χ1n) is 6.25. The summed E-state index contributed by atoms with van der Waals surface area (Å²) in [6.07, 6.45) is 2.30. The third-order valence-corrected chi connectivity index (χ3v) is 3.43. The van der Waals surface area contributed by atoms with E-state index in [-0.39, 0.29) is 0 Å². The summed E-state index contributed by atoms with van der Waals surface area (Å²) >= 11 is 12.0. The molecular weight excluding hydrogens is 283 g/mol. The normalized spacial score (nSPS) is 12.6. The topological polar surface area (TPSA) is 38.0 Å². The maximum atomic E-state index is 10.4. The lowest BCUT2D eigenvalue weighted by Crippen LogP contribution is -2.11. The first-order chi connectivity index (χ1) is 9.11. The molecule has 0 aliphatic rings. The van der Waals surface area contributed by atoms with Crippen LogP contribution in [-0.4, -0.2) is 14.9 Å². The van der Waals surface area contributed by atoms with Crippen molar-refractivity contribution in [3.05, 3.63) is 51.8 Å². The molecule has 1 heterocycles. The number of aromatic nitrogens is 2. The fourth-order valence-electron chi connectivity index (χ4n) is 2.08. The summed E-state index contributed by atoms with van der Waals surface area (Å²) < 4.78 is 1.76. The zero-order chi connectivity index (χ0) is 13.8. The van der Waals surface area contributed by atoms with Crippen molar-refractivity contribution in [1.82, 2.24) is 9.78 Å². The predicted molar refractivity (Wildman–Crippen MR) is 77.6 cm³/mol. The quantitative estimate of drug-likeness (QED) is 0.910. The summed E-state index contributed by atoms with van der Waals surface area (Å²) in [7, 11) is 0. The lowest BCUT2D eigenvalue weighted by molar-refractivity contribution is 0.166. The van der Waals surface area contributed by atoms with Gasteiger partial charge in [-0.25, -0.2) is 0 Å². The van der Waals surface area contributed by atoms with Crippen molar-refractivity contribution in [3.8, 4) is 0 Å². The second kappa shape index (κ2) is 6.42. The molecule has 2 aromatic rings. The van der Waals surface area contributed by atoms with Crippen LogP contribution in [0.3, 0.4) is 0 Å². The van der Waals surface area contributed by atoms with Crippen molar-refractivity contribution in [2.45, 2.75) is 32.4 Å². The summed E-state index contributed by atoms with van der Waals surface area (Å²) in [6.45, 7) is 2.80. The second-order valence-corrected chi connectivity index (χ2v) is 5.29. The molecule has 5 heteroatoms. The monoisotopic (exact) mass is 298 g/mol. The van der Waals surface area contributed by atoms with Gasteiger partial charge in [0.1, 0.15) is 6.10 Å². The number of benzene rings is 1. The number of hydrogen-bond acceptors (Lipinski definition) is 2. The Bertz CT molecular complexity index is 554. The van der Waals surface area contributed by atoms with Crippen molar-refractivity contribution in [1.29, 1.82) is 0 Å². The number of aryl methyl sites for hydroxylation is 1. The Balaban J connectivity index is 2.20. The van der Waals surface area contributed by atoms with E-state index in [9.17, 15) is 5.11 Å². The van der Waals surface area contributed by atoms with Gasteiger partial charge in [0.2, 0.25) is 0 Å². The van der Waals surface area contributed by atoms with E-state index in [1.54, 1.807) is 10.9 Å². The van der Waals surface area contributed by atoms with E-state index in [0.717, 1.165) is 18.5 Å². The minimum Gasteiger partial charge on any atom is -0.386 e. The van der Waals surface area contributed by atoms with Gasteiger partial charge in [-0.05, 0) is 24.1 Å². The zero-order valence-electron chi connectivity index (χ0n) is 10.7. The van der Waals surface area contributed by atoms with Crippen LogP contribution >= 0.6 is 23.2 Å². The largest absolute Gasteiger partial charge is 0.386 e. The average Bonchev–Trinajstić information content (AvgIpc) is 2.71. The van der Waals surface area contributed by atoms with Gasteiger partial charge in [0.15, 0.2) is 0 Å². The van der Waals surface area contributed by atoms with Crippen LogP contribution in [-0.2, 0) is 13.0 Å². The Labute approximate surface area is 122 Å². The lowest BCUT2D eigenvalue weighted by atomic mass is 10.1. The molecule has 0 spiro atoms. The smallest absolute Gasteiger partial charge is 0.101 e. The van der Waals surface area contributed by atoms with E-state index in [1.807, 2.05) is 24.3 Å². The number of hydrogen-bond donors (Lipinski definition) is 1. The molecule has 0 saturated heterocycles. The van der Waals surface area contributed by atoms with Crippen molar-refractivity contribution in [3.63, 3.8) is 0 Å². The Morgan fingerprint density at radius 1 is 1.37 bits per heavy atom. The van der Waals surface area contributed by atoms with Crippen LogP contribution in [0.15, 0.2) is 30.5 Å². The van der Waals surface area contributed by atoms with Crippen LogP contribution < -0.4 is 0 Å². The molecule has 1 aromatic carbocycles. The van der Waals surface area contributed by atoms with Gasteiger partial charge < -0.3 is 5.11 Å². The molecule has 1 atom stereocenters. The Kier molecular flexibility index (Phi) is 4.86. The highest BCUT2D eigenvalue weighted by atomic mass is 35.5. The van der Waals surface area contributed by atoms with E-state index >= 15 is 0 Å². The summed E-state index contributed by atoms with van der Waals surface area (Å²) in [4.78, 5) is 0. The number of rotatable bonds is 5. The van der Waals surface area contributed by atoms with E-state index in [0.29, 0.717) is 22.2 Å². The van der Waals surface area contributed by atoms with Gasteiger partial charge >= 0.3 is 0 Å². The molecule has 102 valence electrons. The molecule has 1 aromatic heterocycles. The summed E-state index contributed by atoms with van der Waals surface area (Å²) in [6, 6.07) is 7.46. The highest BCUT2D eigenvalue weighted by Crippen LogP contribution is 2.26. The average molecular weight is 299 g/mol. The van der Waals surface area contributed by atoms with E-state index in [1.165, 1.54) is 0 Å². The fourth-order valence-corrected chi connectivity index (χ4v) is 2.56. The molecule has 0 amide bonds. The molecule has 19 heavy (non-hydrogen) atoms. The van der Waals surface area contributed by atoms with Gasteiger partial charge in [-0.2, -0.15) is 5.10 Å². The molecule has 2 rings (SSSR count). The molecule has 0 saturated carbocycles. The van der Waals surface area contributed by atoms with Gasteiger partial charge in [-0.1, -0.05) is 42.3 Å². The molecular formula is C14H16Cl2N2O. The van der Waals surface area contributed by atoms with Gasteiger partial charge in [-0.15, -0.1) is 0 Å². The van der Waals surface area contributed by atoms with Gasteiger partial charge in [-0.3, -0.25) is 4.68 Å². The fraction of sp³-hybridized carbons (Fsp3) is 0.357. The van der Waals surface area contributed by atoms with Gasteiger partial charge in [0.05, 0.1) is 16.9 Å². The van der Waals surface area contributed by atoms with E-state index in [4.69, 9.17) is 23.2 Å². The SMILES string of the molecule is CCCn1ncc(Cl)c1C(O)Cc1cccc(Cl)c1. The Morgan fingerprint density at radius 2 is 2.16 bits per heavy atom. The van der Waals surface area contributed by atoms with E-state index < -0.39 is 6.10 Å². The van der Waals surface area contributed by atoms with Crippen LogP contribution in [0.5, 0.6) is 0 Å². The molecule has 0 aliphatic heterocycles. The van der Waals surface area contributed by atoms with Crippen LogP contribution in [0.2, 0.25) is 10.0 Å². The third-order valence-electron chi connectivity index (χ3n) is 2.90. The second-order valence-electron chi connectivity index (χ2n) is 4.45. The van der Waals surface area contributed by atoms with Crippen LogP contribution in [0.1, 0.15) is 30.7 Å².